The lowest BCUT2D eigenvalue weighted by Crippen LogP contribution is -2.48. The Morgan fingerprint density at radius 1 is 1.50 bits per heavy atom. The number of nitrogens with zero attached hydrogens (tertiary/aromatic N) is 3. The van der Waals surface area contributed by atoms with Crippen molar-refractivity contribution in [3.63, 3.8) is 0 Å². The van der Waals surface area contributed by atoms with Crippen LogP contribution in [-0.2, 0) is 14.7 Å². The van der Waals surface area contributed by atoms with Crippen LogP contribution in [0.3, 0.4) is 0 Å². The van der Waals surface area contributed by atoms with Crippen LogP contribution in [0.15, 0.2) is 4.99 Å². The number of aliphatic hydroxyl groups excluding tert-OH is 1. The van der Waals surface area contributed by atoms with Gasteiger partial charge in [0, 0.05) is 6.54 Å². The van der Waals surface area contributed by atoms with Crippen molar-refractivity contribution in [3.05, 3.63) is 0 Å². The topological polar surface area (TPSA) is 146 Å². The zero-order chi connectivity index (χ0) is 14.9. The van der Waals surface area contributed by atoms with Crippen molar-refractivity contribution >= 4 is 22.3 Å². The molecule has 11 heteroatoms. The molecule has 0 spiro atoms. The fraction of sp³-hybridized carbons (Fsp3) is 0.778. The molecule has 20 heavy (non-hydrogen) atoms. The van der Waals surface area contributed by atoms with Crippen molar-refractivity contribution in [2.75, 3.05) is 19.7 Å². The van der Waals surface area contributed by atoms with E-state index in [4.69, 9.17) is 15.4 Å². The number of aliphatic hydroxyl groups is 1. The Morgan fingerprint density at radius 2 is 2.20 bits per heavy atom. The van der Waals surface area contributed by atoms with Gasteiger partial charge in [0.2, 0.25) is 0 Å². The zero-order valence-electron chi connectivity index (χ0n) is 10.5. The summed E-state index contributed by atoms with van der Waals surface area (Å²) in [6.07, 6.45) is 0.972. The predicted octanol–water partition coefficient (Wildman–Crippen LogP) is -1.66. The first-order chi connectivity index (χ1) is 9.33. The lowest BCUT2D eigenvalue weighted by atomic mass is 10.0. The largest absolute Gasteiger partial charge is 0.418 e. The number of fused-ring (bicyclic) bond motifs is 2. The van der Waals surface area contributed by atoms with E-state index in [2.05, 4.69) is 9.28 Å². The molecule has 2 saturated heterocycles. The van der Waals surface area contributed by atoms with Crippen molar-refractivity contribution in [2.24, 2.45) is 10.7 Å². The average Bonchev–Trinajstić information content (AvgIpc) is 2.60. The zero-order valence-corrected chi connectivity index (χ0v) is 11.4. The van der Waals surface area contributed by atoms with Crippen LogP contribution in [0.2, 0.25) is 0 Å². The van der Waals surface area contributed by atoms with Crippen LogP contribution in [0.4, 0.5) is 4.79 Å². The van der Waals surface area contributed by atoms with E-state index in [0.29, 0.717) is 17.9 Å². The molecule has 0 aromatic rings. The number of hydroxylamine groups is 2. The van der Waals surface area contributed by atoms with Crippen LogP contribution in [0.5, 0.6) is 0 Å². The van der Waals surface area contributed by atoms with Crippen molar-refractivity contribution < 1.29 is 27.2 Å². The van der Waals surface area contributed by atoms with Gasteiger partial charge >= 0.3 is 16.4 Å². The number of piperidine rings is 1. The summed E-state index contributed by atoms with van der Waals surface area (Å²) in [5, 5.41) is 9.35. The number of rotatable bonds is 5. The number of amidine groups is 1. The SMILES string of the molecule is NC(=NCCO)[C@@H]1CC[C@@H]2CN1C(=O)N2OS(=O)(=O)O. The van der Waals surface area contributed by atoms with Gasteiger partial charge in [-0.05, 0) is 12.8 Å². The minimum atomic E-state index is -4.75. The van der Waals surface area contributed by atoms with Gasteiger partial charge in [0.1, 0.15) is 5.84 Å². The van der Waals surface area contributed by atoms with Crippen molar-refractivity contribution in [1.82, 2.24) is 9.96 Å². The Bertz CT molecular complexity index is 521. The molecule has 0 unspecified atom stereocenters. The molecule has 2 aliphatic heterocycles. The Hall–Kier alpha value is -1.43. The fourth-order valence-electron chi connectivity index (χ4n) is 2.42. The molecule has 4 N–H and O–H groups in total. The highest BCUT2D eigenvalue weighted by atomic mass is 32.3. The second-order valence-corrected chi connectivity index (χ2v) is 5.54. The van der Waals surface area contributed by atoms with Crippen LogP contribution in [-0.4, -0.2) is 71.7 Å². The van der Waals surface area contributed by atoms with E-state index in [1.807, 2.05) is 0 Å². The number of carbonyl (C=O) groups is 1. The third-order valence-corrected chi connectivity index (χ3v) is 3.58. The number of hydrogen-bond donors (Lipinski definition) is 3. The average molecular weight is 308 g/mol. The summed E-state index contributed by atoms with van der Waals surface area (Å²) in [7, 11) is -4.75. The van der Waals surface area contributed by atoms with Gasteiger partial charge < -0.3 is 15.7 Å². The first-order valence-electron chi connectivity index (χ1n) is 6.01. The molecule has 2 rings (SSSR count). The second-order valence-electron chi connectivity index (χ2n) is 4.54. The number of hydrogen-bond acceptors (Lipinski definition) is 6. The van der Waals surface area contributed by atoms with Gasteiger partial charge in [0.15, 0.2) is 0 Å². The van der Waals surface area contributed by atoms with Crippen molar-refractivity contribution in [2.45, 2.75) is 24.9 Å². The normalized spacial score (nSPS) is 27.3. The quantitative estimate of drug-likeness (QED) is 0.313. The second kappa shape index (κ2) is 5.52. The lowest BCUT2D eigenvalue weighted by molar-refractivity contribution is -0.0316. The standard InChI is InChI=1S/C9H16N4O6S/c10-8(11-3-4-14)7-2-1-6-5-12(7)9(15)13(6)19-20(16,17)18/h6-7,14H,1-5H2,(H2,10,11)(H,16,17,18)/t6-,7+/m1/s1. The van der Waals surface area contributed by atoms with E-state index in [0.717, 1.165) is 0 Å². The molecule has 0 aromatic heterocycles. The van der Waals surface area contributed by atoms with Gasteiger partial charge in [-0.3, -0.25) is 9.55 Å². The van der Waals surface area contributed by atoms with E-state index in [1.54, 1.807) is 0 Å². The summed E-state index contributed by atoms with van der Waals surface area (Å²) >= 11 is 0. The molecular formula is C9H16N4O6S. The highest BCUT2D eigenvalue weighted by Crippen LogP contribution is 2.30. The lowest BCUT2D eigenvalue weighted by Gasteiger charge is -2.29. The maximum Gasteiger partial charge on any atom is 0.418 e. The molecule has 2 aliphatic rings. The molecular weight excluding hydrogens is 292 g/mol. The molecule has 10 nitrogen and oxygen atoms in total. The Balaban J connectivity index is 2.13. The molecule has 0 aromatic carbocycles. The van der Waals surface area contributed by atoms with Gasteiger partial charge in [-0.25, -0.2) is 4.79 Å². The highest BCUT2D eigenvalue weighted by molar-refractivity contribution is 7.80. The third kappa shape index (κ3) is 3.00. The van der Waals surface area contributed by atoms with Gasteiger partial charge in [0.25, 0.3) is 0 Å². The van der Waals surface area contributed by atoms with Crippen molar-refractivity contribution in [3.8, 4) is 0 Å². The number of carbonyl (C=O) groups excluding carboxylic acids is 1. The van der Waals surface area contributed by atoms with Gasteiger partial charge in [-0.15, -0.1) is 4.28 Å². The molecule has 2 bridgehead atoms. The molecule has 0 radical (unpaired) electrons. The first kappa shape index (κ1) is 15.0. The Kier molecular flexibility index (Phi) is 4.13. The third-order valence-electron chi connectivity index (χ3n) is 3.23. The summed E-state index contributed by atoms with van der Waals surface area (Å²) in [5.41, 5.74) is 5.77. The number of urea groups is 1. The van der Waals surface area contributed by atoms with Crippen LogP contribution in [0.1, 0.15) is 12.8 Å². The summed E-state index contributed by atoms with van der Waals surface area (Å²) < 4.78 is 34.4. The van der Waals surface area contributed by atoms with E-state index >= 15 is 0 Å². The number of aliphatic imine (C=N–C) groups is 1. The predicted molar refractivity (Wildman–Crippen MR) is 67.0 cm³/mol. The smallest absolute Gasteiger partial charge is 0.394 e. The fourth-order valence-corrected chi connectivity index (χ4v) is 2.81. The summed E-state index contributed by atoms with van der Waals surface area (Å²) in [6, 6.07) is -1.59. The summed E-state index contributed by atoms with van der Waals surface area (Å²) in [4.78, 5) is 17.3. The van der Waals surface area contributed by atoms with Gasteiger partial charge in [0.05, 0.1) is 25.2 Å². The molecule has 2 fully saturated rings. The molecule has 2 heterocycles. The minimum Gasteiger partial charge on any atom is -0.394 e. The molecule has 2 atom stereocenters. The van der Waals surface area contributed by atoms with Crippen LogP contribution in [0, 0.1) is 0 Å². The maximum atomic E-state index is 12.0. The Morgan fingerprint density at radius 3 is 2.80 bits per heavy atom. The molecule has 0 aliphatic carbocycles. The number of nitrogens with two attached hydrogens (primary N) is 1. The molecule has 114 valence electrons. The highest BCUT2D eigenvalue weighted by Gasteiger charge is 2.48. The minimum absolute atomic E-state index is 0.138. The molecule has 2 amide bonds. The van der Waals surface area contributed by atoms with Gasteiger partial charge in [-0.2, -0.15) is 13.5 Å². The van der Waals surface area contributed by atoms with E-state index in [9.17, 15) is 13.2 Å². The van der Waals surface area contributed by atoms with E-state index < -0.39 is 28.5 Å². The first-order valence-corrected chi connectivity index (χ1v) is 7.37. The molecule has 0 saturated carbocycles. The van der Waals surface area contributed by atoms with Crippen LogP contribution < -0.4 is 5.73 Å². The van der Waals surface area contributed by atoms with Gasteiger partial charge in [-0.1, -0.05) is 0 Å². The summed E-state index contributed by atoms with van der Waals surface area (Å²) in [6.45, 7) is 0.232. The van der Waals surface area contributed by atoms with Crippen LogP contribution >= 0.6 is 0 Å². The van der Waals surface area contributed by atoms with E-state index in [-0.39, 0.29) is 25.5 Å². The summed E-state index contributed by atoms with van der Waals surface area (Å²) in [5.74, 6) is 0.208. The van der Waals surface area contributed by atoms with E-state index in [1.165, 1.54) is 4.90 Å². The van der Waals surface area contributed by atoms with Crippen molar-refractivity contribution in [1.29, 1.82) is 0 Å². The van der Waals surface area contributed by atoms with Crippen LogP contribution in [0.25, 0.3) is 0 Å². The number of amides is 2. The Labute approximate surface area is 115 Å². The monoisotopic (exact) mass is 308 g/mol. The maximum absolute atomic E-state index is 12.0.